The van der Waals surface area contributed by atoms with Crippen LogP contribution in [0, 0.1) is 0 Å². The molecular formula is C25H30Cl2F3N3O4S. The molecule has 0 fully saturated rings. The van der Waals surface area contributed by atoms with Crippen LogP contribution in [0.15, 0.2) is 42.5 Å². The van der Waals surface area contributed by atoms with Crippen LogP contribution in [0.1, 0.15) is 44.7 Å². The highest BCUT2D eigenvalue weighted by molar-refractivity contribution is 7.92. The smallest absolute Gasteiger partial charge is 0.352 e. The number of halogens is 5. The fraction of sp³-hybridized carbons (Fsp3) is 0.440. The highest BCUT2D eigenvalue weighted by Gasteiger charge is 2.34. The summed E-state index contributed by atoms with van der Waals surface area (Å²) in [6, 6.07) is 7.15. The SMILES string of the molecule is CC[C@@H](C)NC(=O)[C@@H](CC)N(Cc1ccc(Cl)c(Cl)c1)C(=O)CN(c1cccc(C(F)(F)F)c1)S(C)(=O)=O. The lowest BCUT2D eigenvalue weighted by atomic mass is 10.1. The van der Waals surface area contributed by atoms with Gasteiger partial charge in [-0.1, -0.05) is 49.2 Å². The second-order valence-corrected chi connectivity index (χ2v) is 11.6. The fourth-order valence-electron chi connectivity index (χ4n) is 3.65. The molecule has 0 aliphatic heterocycles. The predicted molar refractivity (Wildman–Crippen MR) is 143 cm³/mol. The first-order valence-electron chi connectivity index (χ1n) is 11.8. The molecule has 2 rings (SSSR count). The van der Waals surface area contributed by atoms with Crippen molar-refractivity contribution in [3.8, 4) is 0 Å². The fourth-order valence-corrected chi connectivity index (χ4v) is 4.81. The standard InChI is InChI=1S/C25H30Cl2F3N3O4S/c1-5-16(3)31-24(35)22(6-2)32(14-17-10-11-20(26)21(27)12-17)23(34)15-33(38(4,36)37)19-9-7-8-18(13-19)25(28,29)30/h7-13,16,22H,5-6,14-15H2,1-4H3,(H,31,35)/t16-,22-/m1/s1. The molecule has 0 heterocycles. The minimum atomic E-state index is -4.72. The van der Waals surface area contributed by atoms with Crippen molar-refractivity contribution >= 4 is 50.7 Å². The molecule has 2 atom stereocenters. The number of amides is 2. The van der Waals surface area contributed by atoms with Crippen LogP contribution in [0.4, 0.5) is 18.9 Å². The van der Waals surface area contributed by atoms with Crippen molar-refractivity contribution in [2.24, 2.45) is 0 Å². The number of hydrogen-bond acceptors (Lipinski definition) is 4. The summed E-state index contributed by atoms with van der Waals surface area (Å²) in [5.74, 6) is -1.23. The molecule has 13 heteroatoms. The van der Waals surface area contributed by atoms with Crippen LogP contribution in [0.25, 0.3) is 0 Å². The summed E-state index contributed by atoms with van der Waals surface area (Å²) >= 11 is 12.1. The first-order chi connectivity index (χ1) is 17.6. The van der Waals surface area contributed by atoms with Crippen molar-refractivity contribution in [3.63, 3.8) is 0 Å². The van der Waals surface area contributed by atoms with Gasteiger partial charge in [-0.05, 0) is 55.7 Å². The molecule has 2 aromatic rings. The molecule has 1 N–H and O–H groups in total. The number of sulfonamides is 1. The number of carbonyl (C=O) groups excluding carboxylic acids is 2. The first-order valence-corrected chi connectivity index (χ1v) is 14.4. The van der Waals surface area contributed by atoms with E-state index in [1.807, 2.05) is 6.92 Å². The van der Waals surface area contributed by atoms with E-state index in [1.54, 1.807) is 19.9 Å². The lowest BCUT2D eigenvalue weighted by Crippen LogP contribution is -2.53. The minimum absolute atomic E-state index is 0.123. The molecule has 2 amide bonds. The third kappa shape index (κ3) is 8.51. The van der Waals surface area contributed by atoms with Crippen LogP contribution in [-0.2, 0) is 32.3 Å². The van der Waals surface area contributed by atoms with Gasteiger partial charge in [0.05, 0.1) is 27.6 Å². The Bertz CT molecular complexity index is 1260. The molecule has 0 radical (unpaired) electrons. The minimum Gasteiger partial charge on any atom is -0.352 e. The summed E-state index contributed by atoms with van der Waals surface area (Å²) in [4.78, 5) is 27.9. The molecule has 0 aliphatic rings. The van der Waals surface area contributed by atoms with E-state index < -0.39 is 46.2 Å². The van der Waals surface area contributed by atoms with Crippen molar-refractivity contribution in [1.29, 1.82) is 0 Å². The monoisotopic (exact) mass is 595 g/mol. The van der Waals surface area contributed by atoms with E-state index in [0.29, 0.717) is 22.4 Å². The van der Waals surface area contributed by atoms with Crippen molar-refractivity contribution in [3.05, 3.63) is 63.6 Å². The summed E-state index contributed by atoms with van der Waals surface area (Å²) in [6.45, 7) is 4.42. The van der Waals surface area contributed by atoms with E-state index in [4.69, 9.17) is 23.2 Å². The van der Waals surface area contributed by atoms with Gasteiger partial charge in [0, 0.05) is 12.6 Å². The van der Waals surface area contributed by atoms with Crippen molar-refractivity contribution < 1.29 is 31.2 Å². The molecule has 210 valence electrons. The van der Waals surface area contributed by atoms with Crippen LogP contribution in [0.2, 0.25) is 10.0 Å². The highest BCUT2D eigenvalue weighted by atomic mass is 35.5. The number of anilines is 1. The van der Waals surface area contributed by atoms with Gasteiger partial charge in [-0.15, -0.1) is 0 Å². The summed E-state index contributed by atoms with van der Waals surface area (Å²) < 4.78 is 65.7. The van der Waals surface area contributed by atoms with Gasteiger partial charge in [-0.25, -0.2) is 8.42 Å². The Morgan fingerprint density at radius 3 is 2.21 bits per heavy atom. The lowest BCUT2D eigenvalue weighted by Gasteiger charge is -2.33. The van der Waals surface area contributed by atoms with Crippen LogP contribution >= 0.6 is 23.2 Å². The summed E-state index contributed by atoms with van der Waals surface area (Å²) in [7, 11) is -4.19. The topological polar surface area (TPSA) is 86.8 Å². The molecule has 0 aliphatic carbocycles. The molecule has 0 bridgehead atoms. The van der Waals surface area contributed by atoms with Gasteiger partial charge in [0.2, 0.25) is 21.8 Å². The third-order valence-corrected chi connectivity index (χ3v) is 7.74. The Kier molecular flexibility index (Phi) is 10.9. The third-order valence-electron chi connectivity index (χ3n) is 5.86. The van der Waals surface area contributed by atoms with E-state index in [1.165, 1.54) is 23.1 Å². The van der Waals surface area contributed by atoms with Gasteiger partial charge in [-0.2, -0.15) is 13.2 Å². The summed E-state index contributed by atoms with van der Waals surface area (Å²) in [6.07, 6.45) is -3.10. The molecule has 2 aromatic carbocycles. The quantitative estimate of drug-likeness (QED) is 0.371. The molecule has 0 unspecified atom stereocenters. The second-order valence-electron chi connectivity index (χ2n) is 8.83. The Morgan fingerprint density at radius 2 is 1.68 bits per heavy atom. The zero-order valence-electron chi connectivity index (χ0n) is 21.4. The molecule has 0 aromatic heterocycles. The highest BCUT2D eigenvalue weighted by Crippen LogP contribution is 2.32. The van der Waals surface area contributed by atoms with Crippen LogP contribution in [-0.4, -0.2) is 50.0 Å². The number of nitrogens with one attached hydrogen (secondary N) is 1. The van der Waals surface area contributed by atoms with Gasteiger partial charge in [0.1, 0.15) is 12.6 Å². The molecule has 38 heavy (non-hydrogen) atoms. The van der Waals surface area contributed by atoms with Gasteiger partial charge in [-0.3, -0.25) is 13.9 Å². The molecule has 0 spiro atoms. The second kappa shape index (κ2) is 13.0. The Balaban J connectivity index is 2.52. The number of carbonyl (C=O) groups is 2. The summed E-state index contributed by atoms with van der Waals surface area (Å²) in [5, 5.41) is 3.32. The maximum Gasteiger partial charge on any atom is 0.416 e. The van der Waals surface area contributed by atoms with Crippen LogP contribution < -0.4 is 9.62 Å². The van der Waals surface area contributed by atoms with E-state index >= 15 is 0 Å². The van der Waals surface area contributed by atoms with E-state index in [9.17, 15) is 31.2 Å². The van der Waals surface area contributed by atoms with E-state index in [2.05, 4.69) is 5.32 Å². The number of alkyl halides is 3. The average Bonchev–Trinajstić information content (AvgIpc) is 2.83. The van der Waals surface area contributed by atoms with Crippen molar-refractivity contribution in [1.82, 2.24) is 10.2 Å². The summed E-state index contributed by atoms with van der Waals surface area (Å²) in [5.41, 5.74) is -0.877. The zero-order valence-corrected chi connectivity index (χ0v) is 23.7. The van der Waals surface area contributed by atoms with Gasteiger partial charge in [0.15, 0.2) is 0 Å². The van der Waals surface area contributed by atoms with E-state index in [-0.39, 0.29) is 34.7 Å². The Hall–Kier alpha value is -2.50. The first kappa shape index (κ1) is 31.7. The maximum atomic E-state index is 13.6. The van der Waals surface area contributed by atoms with E-state index in [0.717, 1.165) is 18.4 Å². The van der Waals surface area contributed by atoms with Crippen LogP contribution in [0.5, 0.6) is 0 Å². The molecule has 0 saturated heterocycles. The Labute approximate surface area is 230 Å². The zero-order chi connectivity index (χ0) is 28.8. The lowest BCUT2D eigenvalue weighted by molar-refractivity contribution is -0.140. The van der Waals surface area contributed by atoms with Gasteiger partial charge < -0.3 is 10.2 Å². The molecule has 7 nitrogen and oxygen atoms in total. The van der Waals surface area contributed by atoms with Crippen molar-refractivity contribution in [2.75, 3.05) is 17.1 Å². The number of rotatable bonds is 11. The van der Waals surface area contributed by atoms with Gasteiger partial charge in [0.25, 0.3) is 0 Å². The number of nitrogens with zero attached hydrogens (tertiary/aromatic N) is 2. The Morgan fingerprint density at radius 1 is 1.03 bits per heavy atom. The van der Waals surface area contributed by atoms with Gasteiger partial charge >= 0.3 is 6.18 Å². The molecular weight excluding hydrogens is 566 g/mol. The normalized spacial score (nSPS) is 13.5. The average molecular weight is 596 g/mol. The predicted octanol–water partition coefficient (Wildman–Crippen LogP) is 5.50. The molecule has 0 saturated carbocycles. The maximum absolute atomic E-state index is 13.6. The van der Waals surface area contributed by atoms with Crippen molar-refractivity contribution in [2.45, 2.75) is 58.4 Å². The number of benzene rings is 2. The largest absolute Gasteiger partial charge is 0.416 e. The van der Waals surface area contributed by atoms with Crippen LogP contribution in [0.3, 0.4) is 0 Å². The number of hydrogen-bond donors (Lipinski definition) is 1.